The Morgan fingerprint density at radius 2 is 1.63 bits per heavy atom. The molecule has 1 aliphatic heterocycles. The number of ether oxygens (including phenoxy) is 1. The quantitative estimate of drug-likeness (QED) is 0.138. The number of rotatable bonds is 7. The van der Waals surface area contributed by atoms with Gasteiger partial charge in [-0.05, 0) is 71.7 Å². The molecule has 2 aliphatic rings. The summed E-state index contributed by atoms with van der Waals surface area (Å²) in [5.41, 5.74) is 4.72. The summed E-state index contributed by atoms with van der Waals surface area (Å²) in [4.78, 5) is 16.1. The molecule has 7 heteroatoms. The lowest BCUT2D eigenvalue weighted by atomic mass is 9.94. The Hall–Kier alpha value is -4.20. The van der Waals surface area contributed by atoms with Gasteiger partial charge in [-0.2, -0.15) is 5.10 Å². The molecule has 2 fully saturated rings. The molecule has 4 aromatic carbocycles. The van der Waals surface area contributed by atoms with Gasteiger partial charge in [-0.3, -0.25) is 9.69 Å². The van der Waals surface area contributed by atoms with Crippen molar-refractivity contribution in [1.29, 1.82) is 0 Å². The average Bonchev–Trinajstić information content (AvgIpc) is 3.60. The Bertz CT molecular complexity index is 1820. The van der Waals surface area contributed by atoms with Crippen molar-refractivity contribution in [3.8, 4) is 22.7 Å². The molecule has 0 radical (unpaired) electrons. The molecule has 1 aliphatic carbocycles. The van der Waals surface area contributed by atoms with Gasteiger partial charge in [0.1, 0.15) is 16.7 Å². The molecule has 214 valence electrons. The van der Waals surface area contributed by atoms with Crippen molar-refractivity contribution in [2.24, 2.45) is 0 Å². The van der Waals surface area contributed by atoms with Gasteiger partial charge < -0.3 is 4.74 Å². The predicted molar refractivity (Wildman–Crippen MR) is 179 cm³/mol. The van der Waals surface area contributed by atoms with Crippen LogP contribution in [0.3, 0.4) is 0 Å². The number of fused-ring (bicyclic) bond motifs is 1. The minimum Gasteiger partial charge on any atom is -0.489 e. The zero-order chi connectivity index (χ0) is 29.2. The molecule has 1 saturated carbocycles. The van der Waals surface area contributed by atoms with E-state index >= 15 is 0 Å². The summed E-state index contributed by atoms with van der Waals surface area (Å²) in [5.74, 6) is 0.798. The zero-order valence-electron chi connectivity index (χ0n) is 23.7. The maximum absolute atomic E-state index is 13.6. The maximum Gasteiger partial charge on any atom is 0.266 e. The van der Waals surface area contributed by atoms with Crippen molar-refractivity contribution in [2.75, 3.05) is 0 Å². The van der Waals surface area contributed by atoms with Crippen LogP contribution < -0.4 is 4.74 Å². The molecule has 5 nitrogen and oxygen atoms in total. The maximum atomic E-state index is 13.6. The van der Waals surface area contributed by atoms with Crippen molar-refractivity contribution < 1.29 is 9.53 Å². The van der Waals surface area contributed by atoms with Crippen LogP contribution in [0.5, 0.6) is 5.75 Å². The van der Waals surface area contributed by atoms with Gasteiger partial charge in [0.15, 0.2) is 0 Å². The molecule has 1 aromatic heterocycles. The second-order valence-electron chi connectivity index (χ2n) is 11.0. The van der Waals surface area contributed by atoms with E-state index in [1.54, 1.807) is 0 Å². The largest absolute Gasteiger partial charge is 0.489 e. The fourth-order valence-electron chi connectivity index (χ4n) is 5.99. The summed E-state index contributed by atoms with van der Waals surface area (Å²) in [6.07, 6.45) is 9.51. The van der Waals surface area contributed by atoms with Crippen LogP contribution >= 0.6 is 24.0 Å². The van der Waals surface area contributed by atoms with Gasteiger partial charge in [0, 0.05) is 23.4 Å². The molecule has 0 bridgehead atoms. The van der Waals surface area contributed by atoms with E-state index in [4.69, 9.17) is 22.1 Å². The first kappa shape index (κ1) is 27.6. The molecule has 0 unspecified atom stereocenters. The van der Waals surface area contributed by atoms with Crippen molar-refractivity contribution in [1.82, 2.24) is 14.7 Å². The summed E-state index contributed by atoms with van der Waals surface area (Å²) < 4.78 is 8.72. The van der Waals surface area contributed by atoms with Crippen LogP contribution in [0.15, 0.2) is 108 Å². The number of hydrogen-bond donors (Lipinski definition) is 0. The highest BCUT2D eigenvalue weighted by atomic mass is 32.2. The molecule has 1 amide bonds. The van der Waals surface area contributed by atoms with E-state index in [1.807, 2.05) is 76.5 Å². The van der Waals surface area contributed by atoms with Gasteiger partial charge >= 0.3 is 0 Å². The Balaban J connectivity index is 1.17. The Morgan fingerprint density at radius 1 is 0.884 bits per heavy atom. The first-order valence-corrected chi connectivity index (χ1v) is 16.0. The number of carbonyl (C=O) groups is 1. The molecule has 7 rings (SSSR count). The highest BCUT2D eigenvalue weighted by Crippen LogP contribution is 2.38. The van der Waals surface area contributed by atoms with Crippen LogP contribution in [0.2, 0.25) is 0 Å². The molecule has 1 saturated heterocycles. The van der Waals surface area contributed by atoms with E-state index in [0.29, 0.717) is 15.8 Å². The molecule has 43 heavy (non-hydrogen) atoms. The average molecular weight is 602 g/mol. The van der Waals surface area contributed by atoms with E-state index in [9.17, 15) is 4.79 Å². The van der Waals surface area contributed by atoms with Gasteiger partial charge in [0.05, 0.1) is 16.3 Å². The Kier molecular flexibility index (Phi) is 7.83. The SMILES string of the molecule is O=C1/C(=C/c2cn(-c3ccccc3)nc2-c2ccc(OCc3cccc4ccccc34)cc2)SC(=S)N1C1CCCCC1. The van der Waals surface area contributed by atoms with Gasteiger partial charge in [-0.15, -0.1) is 0 Å². The lowest BCUT2D eigenvalue weighted by Gasteiger charge is -2.29. The van der Waals surface area contributed by atoms with Crippen LogP contribution in [0.1, 0.15) is 43.2 Å². The van der Waals surface area contributed by atoms with E-state index in [-0.39, 0.29) is 11.9 Å². The summed E-state index contributed by atoms with van der Waals surface area (Å²) in [6, 6.07) is 32.9. The number of carbonyl (C=O) groups excluding carboxylic acids is 1. The smallest absolute Gasteiger partial charge is 0.266 e. The standard InChI is InChI=1S/C36H31N3O2S2/c40-35-33(43-36(42)39(35)30-15-5-2-6-16-30)22-28-23-38(29-13-3-1-4-14-29)37-34(28)26-18-20-31(21-19-26)41-24-27-12-9-11-25-10-7-8-17-32(25)27/h1,3-4,7-14,17-23,30H,2,5-6,15-16,24H2/b33-22-. The zero-order valence-corrected chi connectivity index (χ0v) is 25.3. The number of nitrogens with zero attached hydrogens (tertiary/aromatic N) is 3. The predicted octanol–water partition coefficient (Wildman–Crippen LogP) is 8.81. The highest BCUT2D eigenvalue weighted by molar-refractivity contribution is 8.26. The molecule has 5 aromatic rings. The number of aromatic nitrogens is 2. The highest BCUT2D eigenvalue weighted by Gasteiger charge is 2.37. The number of hydrogen-bond acceptors (Lipinski definition) is 5. The van der Waals surface area contributed by atoms with Gasteiger partial charge in [-0.1, -0.05) is 104 Å². The van der Waals surface area contributed by atoms with E-state index < -0.39 is 0 Å². The summed E-state index contributed by atoms with van der Waals surface area (Å²) in [5, 5.41) is 7.37. The molecular weight excluding hydrogens is 571 g/mol. The van der Waals surface area contributed by atoms with Gasteiger partial charge in [-0.25, -0.2) is 4.68 Å². The van der Waals surface area contributed by atoms with Crippen LogP contribution in [0.25, 0.3) is 33.8 Å². The number of para-hydroxylation sites is 1. The van der Waals surface area contributed by atoms with Crippen molar-refractivity contribution in [2.45, 2.75) is 44.8 Å². The van der Waals surface area contributed by atoms with E-state index in [2.05, 4.69) is 42.5 Å². The minimum atomic E-state index is 0.0116. The van der Waals surface area contributed by atoms with Gasteiger partial charge in [0.2, 0.25) is 0 Å². The Labute approximate surface area is 261 Å². The fourth-order valence-corrected chi connectivity index (χ4v) is 7.39. The number of amides is 1. The van der Waals surface area contributed by atoms with Crippen LogP contribution in [-0.4, -0.2) is 30.9 Å². The lowest BCUT2D eigenvalue weighted by molar-refractivity contribution is -0.124. The molecule has 0 spiro atoms. The van der Waals surface area contributed by atoms with Crippen molar-refractivity contribution in [3.63, 3.8) is 0 Å². The molecule has 0 atom stereocenters. The number of benzene rings is 4. The number of thioether (sulfide) groups is 1. The summed E-state index contributed by atoms with van der Waals surface area (Å²) in [7, 11) is 0. The third-order valence-electron chi connectivity index (χ3n) is 8.22. The second-order valence-corrected chi connectivity index (χ2v) is 12.7. The number of thiocarbonyl (C=S) groups is 1. The van der Waals surface area contributed by atoms with Gasteiger partial charge in [0.25, 0.3) is 5.91 Å². The normalized spacial score (nSPS) is 16.8. The summed E-state index contributed by atoms with van der Waals surface area (Å²) in [6.45, 7) is 0.484. The van der Waals surface area contributed by atoms with E-state index in [0.717, 1.165) is 59.5 Å². The molecule has 0 N–H and O–H groups in total. The molecule has 2 heterocycles. The lowest BCUT2D eigenvalue weighted by Crippen LogP contribution is -2.39. The topological polar surface area (TPSA) is 47.4 Å². The monoisotopic (exact) mass is 601 g/mol. The molecular formula is C36H31N3O2S2. The fraction of sp³-hybridized carbons (Fsp3) is 0.194. The van der Waals surface area contributed by atoms with Crippen LogP contribution in [0, 0.1) is 0 Å². The second kappa shape index (κ2) is 12.2. The Morgan fingerprint density at radius 3 is 2.44 bits per heavy atom. The van der Waals surface area contributed by atoms with E-state index in [1.165, 1.54) is 29.0 Å². The van der Waals surface area contributed by atoms with Crippen molar-refractivity contribution in [3.05, 3.63) is 119 Å². The van der Waals surface area contributed by atoms with Crippen molar-refractivity contribution >= 4 is 51.1 Å². The third-order valence-corrected chi connectivity index (χ3v) is 9.55. The van der Waals surface area contributed by atoms with Crippen LogP contribution in [0.4, 0.5) is 0 Å². The van der Waals surface area contributed by atoms with Crippen LogP contribution in [-0.2, 0) is 11.4 Å². The minimum absolute atomic E-state index is 0.0116. The third kappa shape index (κ3) is 5.75. The first-order chi connectivity index (χ1) is 21.1. The summed E-state index contributed by atoms with van der Waals surface area (Å²) >= 11 is 7.09. The first-order valence-electron chi connectivity index (χ1n) is 14.8.